The summed E-state index contributed by atoms with van der Waals surface area (Å²) in [5, 5.41) is 0. The quantitative estimate of drug-likeness (QED) is 0.766. The summed E-state index contributed by atoms with van der Waals surface area (Å²) in [6.45, 7) is 1.27. The number of para-hydroxylation sites is 2. The summed E-state index contributed by atoms with van der Waals surface area (Å²) in [7, 11) is 1.39. The zero-order chi connectivity index (χ0) is 18.8. The third kappa shape index (κ3) is 3.58. The van der Waals surface area contributed by atoms with Crippen molar-refractivity contribution in [2.24, 2.45) is 5.92 Å². The highest BCUT2D eigenvalue weighted by molar-refractivity contribution is 5.91. The largest absolute Gasteiger partial charge is 0.490 e. The summed E-state index contributed by atoms with van der Waals surface area (Å²) >= 11 is 0. The van der Waals surface area contributed by atoms with Gasteiger partial charge in [-0.3, -0.25) is 9.59 Å². The second-order valence-corrected chi connectivity index (χ2v) is 6.84. The van der Waals surface area contributed by atoms with E-state index in [4.69, 9.17) is 9.15 Å². The summed E-state index contributed by atoms with van der Waals surface area (Å²) in [4.78, 5) is 34.3. The minimum atomic E-state index is -0.358. The van der Waals surface area contributed by atoms with Crippen LogP contribution in [0.4, 0.5) is 0 Å². The van der Waals surface area contributed by atoms with Gasteiger partial charge in [0.15, 0.2) is 5.76 Å². The van der Waals surface area contributed by atoms with Crippen molar-refractivity contribution in [3.63, 3.8) is 0 Å². The van der Waals surface area contributed by atoms with Gasteiger partial charge in [0.2, 0.25) is 11.2 Å². The van der Waals surface area contributed by atoms with Crippen LogP contribution in [0.15, 0.2) is 45.8 Å². The molecule has 1 unspecified atom stereocenters. The van der Waals surface area contributed by atoms with Crippen LogP contribution in [0.25, 0.3) is 11.0 Å². The maximum atomic E-state index is 12.7. The van der Waals surface area contributed by atoms with Gasteiger partial charge in [0.25, 0.3) is 5.91 Å². The average molecular weight is 367 g/mol. The molecule has 140 valence electrons. The lowest BCUT2D eigenvalue weighted by Crippen LogP contribution is -2.40. The van der Waals surface area contributed by atoms with Crippen LogP contribution in [0.1, 0.15) is 29.2 Å². The fraction of sp³-hybridized carbons (Fsp3) is 0.350. The molecule has 1 aliphatic rings. The number of rotatable bonds is 4. The van der Waals surface area contributed by atoms with Crippen LogP contribution in [0.2, 0.25) is 0 Å². The van der Waals surface area contributed by atoms with E-state index in [1.165, 1.54) is 19.4 Å². The molecule has 1 aromatic carbocycles. The first-order valence-electron chi connectivity index (χ1n) is 9.04. The third-order valence-electron chi connectivity index (χ3n) is 4.96. The minimum absolute atomic E-state index is 0.0465. The van der Waals surface area contributed by atoms with Gasteiger partial charge in [-0.1, -0.05) is 12.1 Å². The summed E-state index contributed by atoms with van der Waals surface area (Å²) in [6, 6.07) is 9.14. The van der Waals surface area contributed by atoms with E-state index in [-0.39, 0.29) is 22.8 Å². The third-order valence-corrected chi connectivity index (χ3v) is 4.96. The van der Waals surface area contributed by atoms with Crippen LogP contribution in [0.3, 0.4) is 0 Å². The Morgan fingerprint density at radius 3 is 3.04 bits per heavy atom. The van der Waals surface area contributed by atoms with Crippen molar-refractivity contribution in [2.45, 2.75) is 19.3 Å². The Morgan fingerprint density at radius 1 is 1.41 bits per heavy atom. The van der Waals surface area contributed by atoms with E-state index >= 15 is 0 Å². The normalized spacial score (nSPS) is 17.2. The molecule has 0 spiro atoms. The monoisotopic (exact) mass is 367 g/mol. The predicted molar refractivity (Wildman–Crippen MR) is 100.0 cm³/mol. The van der Waals surface area contributed by atoms with Crippen LogP contribution < -0.4 is 10.2 Å². The van der Waals surface area contributed by atoms with Crippen molar-refractivity contribution in [2.75, 3.05) is 20.2 Å². The maximum Gasteiger partial charge on any atom is 0.289 e. The number of benzene rings is 1. The van der Waals surface area contributed by atoms with E-state index in [0.29, 0.717) is 19.0 Å². The first-order valence-corrected chi connectivity index (χ1v) is 9.04. The molecule has 0 bridgehead atoms. The van der Waals surface area contributed by atoms with Crippen molar-refractivity contribution in [3.8, 4) is 5.75 Å². The number of nitrogens with zero attached hydrogens (tertiary/aromatic N) is 2. The molecule has 0 aliphatic carbocycles. The van der Waals surface area contributed by atoms with Crippen LogP contribution in [-0.2, 0) is 6.42 Å². The van der Waals surface area contributed by atoms with Gasteiger partial charge < -0.3 is 19.0 Å². The highest BCUT2D eigenvalue weighted by Gasteiger charge is 2.27. The minimum Gasteiger partial charge on any atom is -0.490 e. The van der Waals surface area contributed by atoms with E-state index in [1.807, 2.05) is 24.3 Å². The molecule has 27 heavy (non-hydrogen) atoms. The number of piperidine rings is 1. The van der Waals surface area contributed by atoms with Crippen LogP contribution in [-0.4, -0.2) is 41.0 Å². The van der Waals surface area contributed by atoms with Crippen molar-refractivity contribution < 1.29 is 13.9 Å². The highest BCUT2D eigenvalue weighted by Crippen LogP contribution is 2.22. The standard InChI is InChI=1S/C20H21N3O4/c1-26-18-12-27-17(10-16(18)24)20(25)23-8-4-5-13(11-23)9-19-21-14-6-2-3-7-15(14)22-19/h2-3,6-7,10,12-13H,4-5,8-9,11H2,1H3,(H,21,22). The molecule has 4 rings (SSSR count). The molecule has 0 saturated carbocycles. The first kappa shape index (κ1) is 17.3. The Bertz CT molecular complexity index is 990. The smallest absolute Gasteiger partial charge is 0.289 e. The lowest BCUT2D eigenvalue weighted by atomic mass is 9.94. The predicted octanol–water partition coefficient (Wildman–Crippen LogP) is 2.62. The molecule has 1 fully saturated rings. The first-order chi connectivity index (χ1) is 13.1. The average Bonchev–Trinajstić information content (AvgIpc) is 3.09. The molecule has 3 aromatic rings. The van der Waals surface area contributed by atoms with Crippen molar-refractivity contribution in [3.05, 3.63) is 58.4 Å². The molecule has 3 heterocycles. The van der Waals surface area contributed by atoms with Gasteiger partial charge in [-0.05, 0) is 30.9 Å². The van der Waals surface area contributed by atoms with Gasteiger partial charge in [-0.15, -0.1) is 0 Å². The number of aromatic amines is 1. The number of hydrogen-bond acceptors (Lipinski definition) is 5. The molecule has 1 amide bonds. The Balaban J connectivity index is 1.46. The number of imidazole rings is 1. The molecule has 1 aliphatic heterocycles. The van der Waals surface area contributed by atoms with Gasteiger partial charge in [-0.2, -0.15) is 0 Å². The van der Waals surface area contributed by atoms with Gasteiger partial charge in [0, 0.05) is 25.6 Å². The number of H-pyrrole nitrogens is 1. The lowest BCUT2D eigenvalue weighted by Gasteiger charge is -2.32. The van der Waals surface area contributed by atoms with Gasteiger partial charge in [-0.25, -0.2) is 4.98 Å². The summed E-state index contributed by atoms with van der Waals surface area (Å²) in [6.07, 6.45) is 3.92. The molecule has 1 N–H and O–H groups in total. The molecule has 1 saturated heterocycles. The van der Waals surface area contributed by atoms with E-state index in [0.717, 1.165) is 36.1 Å². The second kappa shape index (κ2) is 7.26. The SMILES string of the molecule is COc1coc(C(=O)N2CCCC(Cc3nc4ccccc4[nH]3)C2)cc1=O. The zero-order valence-corrected chi connectivity index (χ0v) is 15.1. The molecule has 0 radical (unpaired) electrons. The Hall–Kier alpha value is -3.09. The van der Waals surface area contributed by atoms with E-state index < -0.39 is 0 Å². The molecule has 1 atom stereocenters. The lowest BCUT2D eigenvalue weighted by molar-refractivity contribution is 0.0637. The Kier molecular flexibility index (Phi) is 4.66. The summed E-state index contributed by atoms with van der Waals surface area (Å²) in [5.41, 5.74) is 1.62. The second-order valence-electron chi connectivity index (χ2n) is 6.84. The van der Waals surface area contributed by atoms with Gasteiger partial charge >= 0.3 is 0 Å². The topological polar surface area (TPSA) is 88.4 Å². The summed E-state index contributed by atoms with van der Waals surface area (Å²) < 4.78 is 10.2. The van der Waals surface area contributed by atoms with Crippen molar-refractivity contribution in [1.29, 1.82) is 0 Å². The fourth-order valence-electron chi connectivity index (χ4n) is 3.61. The van der Waals surface area contributed by atoms with Crippen molar-refractivity contribution >= 4 is 16.9 Å². The molecule has 7 heteroatoms. The number of fused-ring (bicyclic) bond motifs is 1. The number of ether oxygens (including phenoxy) is 1. The maximum absolute atomic E-state index is 12.7. The molecule has 2 aromatic heterocycles. The van der Waals surface area contributed by atoms with Gasteiger partial charge in [0.1, 0.15) is 12.1 Å². The molecular weight excluding hydrogens is 346 g/mol. The van der Waals surface area contributed by atoms with E-state index in [9.17, 15) is 9.59 Å². The number of likely N-dealkylation sites (tertiary alicyclic amines) is 1. The van der Waals surface area contributed by atoms with E-state index in [2.05, 4.69) is 9.97 Å². The molecular formula is C20H21N3O4. The number of aromatic nitrogens is 2. The number of hydrogen-bond donors (Lipinski definition) is 1. The van der Waals surface area contributed by atoms with E-state index in [1.54, 1.807) is 4.90 Å². The molecule has 7 nitrogen and oxygen atoms in total. The van der Waals surface area contributed by atoms with Gasteiger partial charge in [0.05, 0.1) is 18.1 Å². The highest BCUT2D eigenvalue weighted by atomic mass is 16.5. The Labute approximate surface area is 156 Å². The van der Waals surface area contributed by atoms with Crippen molar-refractivity contribution in [1.82, 2.24) is 14.9 Å². The summed E-state index contributed by atoms with van der Waals surface area (Å²) in [5.74, 6) is 1.13. The zero-order valence-electron chi connectivity index (χ0n) is 15.1. The van der Waals surface area contributed by atoms with Crippen LogP contribution >= 0.6 is 0 Å². The number of nitrogens with one attached hydrogen (secondary N) is 1. The number of carbonyl (C=O) groups excluding carboxylic acids is 1. The number of amides is 1. The Morgan fingerprint density at radius 2 is 2.26 bits per heavy atom. The van der Waals surface area contributed by atoms with Crippen LogP contribution in [0, 0.1) is 5.92 Å². The number of carbonyl (C=O) groups is 1. The number of methoxy groups -OCH3 is 1. The fourth-order valence-corrected chi connectivity index (χ4v) is 3.61. The van der Waals surface area contributed by atoms with Crippen LogP contribution in [0.5, 0.6) is 5.75 Å².